The van der Waals surface area contributed by atoms with E-state index in [0.29, 0.717) is 32.5 Å². The van der Waals surface area contributed by atoms with E-state index in [4.69, 9.17) is 4.74 Å². The number of nitrogens with one attached hydrogen (secondary N) is 1. The molecule has 1 fully saturated rings. The van der Waals surface area contributed by atoms with Gasteiger partial charge in [-0.15, -0.1) is 11.3 Å². The minimum Gasteiger partial charge on any atom is -0.383 e. The van der Waals surface area contributed by atoms with Crippen LogP contribution in [-0.4, -0.2) is 43.0 Å². The molecule has 2 heterocycles. The minimum absolute atomic E-state index is 0.0332. The lowest BCUT2D eigenvalue weighted by molar-refractivity contribution is -0.143. The molecule has 1 aromatic rings. The molecule has 0 aromatic carbocycles. The number of methoxy groups -OCH3 is 1. The summed E-state index contributed by atoms with van der Waals surface area (Å²) in [5.74, 6) is 0.00666. The van der Waals surface area contributed by atoms with E-state index < -0.39 is 0 Å². The molecule has 0 aliphatic carbocycles. The topological polar surface area (TPSA) is 58.6 Å². The first-order chi connectivity index (χ1) is 10.1. The standard InChI is InChI=1S/C15H22N2O3S/c1-11-13(5-6-14(18)17(11)7-8-20-2)15(19)16-10-12-4-3-9-21-12/h3-4,9,11,13H,5-8,10H2,1-2H3,(H,16,19)/t11-,13-/m1/s1. The number of carbonyl (C=O) groups is 2. The van der Waals surface area contributed by atoms with Gasteiger partial charge in [-0.05, 0) is 24.8 Å². The molecular formula is C15H22N2O3S. The Kier molecular flexibility index (Phi) is 5.76. The smallest absolute Gasteiger partial charge is 0.225 e. The molecule has 116 valence electrons. The molecule has 1 aliphatic heterocycles. The Morgan fingerprint density at radius 2 is 2.38 bits per heavy atom. The molecule has 1 aromatic heterocycles. The van der Waals surface area contributed by atoms with Gasteiger partial charge in [0.25, 0.3) is 0 Å². The largest absolute Gasteiger partial charge is 0.383 e. The number of rotatable bonds is 6. The van der Waals surface area contributed by atoms with Crippen LogP contribution in [0.2, 0.25) is 0 Å². The van der Waals surface area contributed by atoms with Gasteiger partial charge < -0.3 is 15.0 Å². The SMILES string of the molecule is COCCN1C(=O)CC[C@@H](C(=O)NCc2cccs2)[C@H]1C. The normalized spacial score (nSPS) is 22.4. The van der Waals surface area contributed by atoms with Gasteiger partial charge in [-0.1, -0.05) is 6.07 Å². The highest BCUT2D eigenvalue weighted by atomic mass is 32.1. The monoisotopic (exact) mass is 310 g/mol. The van der Waals surface area contributed by atoms with Crippen molar-refractivity contribution in [2.24, 2.45) is 5.92 Å². The zero-order chi connectivity index (χ0) is 15.2. The Labute approximate surface area is 129 Å². The van der Waals surface area contributed by atoms with E-state index in [9.17, 15) is 9.59 Å². The number of likely N-dealkylation sites (tertiary alicyclic amines) is 1. The van der Waals surface area contributed by atoms with Crippen LogP contribution in [0.25, 0.3) is 0 Å². The lowest BCUT2D eigenvalue weighted by Gasteiger charge is -2.38. The Hall–Kier alpha value is -1.40. The Balaban J connectivity index is 1.91. The van der Waals surface area contributed by atoms with Crippen LogP contribution >= 0.6 is 11.3 Å². The molecule has 2 rings (SSSR count). The fourth-order valence-corrected chi connectivity index (χ4v) is 3.34. The van der Waals surface area contributed by atoms with Crippen molar-refractivity contribution >= 4 is 23.2 Å². The second kappa shape index (κ2) is 7.56. The van der Waals surface area contributed by atoms with Gasteiger partial charge in [-0.25, -0.2) is 0 Å². The Morgan fingerprint density at radius 3 is 3.05 bits per heavy atom. The third kappa shape index (κ3) is 4.04. The zero-order valence-electron chi connectivity index (χ0n) is 12.5. The number of hydrogen-bond donors (Lipinski definition) is 1. The third-order valence-electron chi connectivity index (χ3n) is 3.95. The summed E-state index contributed by atoms with van der Waals surface area (Å²) in [7, 11) is 1.62. The highest BCUT2D eigenvalue weighted by Gasteiger charge is 2.36. The average Bonchev–Trinajstić information content (AvgIpc) is 2.98. The number of nitrogens with zero attached hydrogens (tertiary/aromatic N) is 1. The van der Waals surface area contributed by atoms with Crippen LogP contribution in [0.5, 0.6) is 0 Å². The molecule has 0 bridgehead atoms. The molecule has 1 aliphatic rings. The predicted octanol–water partition coefficient (Wildman–Crippen LogP) is 1.64. The number of thiophene rings is 1. The van der Waals surface area contributed by atoms with Crippen LogP contribution in [0.15, 0.2) is 17.5 Å². The summed E-state index contributed by atoms with van der Waals surface area (Å²) in [5.41, 5.74) is 0. The zero-order valence-corrected chi connectivity index (χ0v) is 13.3. The molecule has 5 nitrogen and oxygen atoms in total. The first kappa shape index (κ1) is 16.0. The van der Waals surface area contributed by atoms with E-state index in [1.54, 1.807) is 23.3 Å². The van der Waals surface area contributed by atoms with E-state index in [-0.39, 0.29) is 23.8 Å². The Bertz CT molecular complexity index is 475. The molecule has 1 N–H and O–H groups in total. The number of amides is 2. The van der Waals surface area contributed by atoms with Crippen molar-refractivity contribution < 1.29 is 14.3 Å². The number of hydrogen-bond acceptors (Lipinski definition) is 4. The number of ether oxygens (including phenoxy) is 1. The molecule has 2 amide bonds. The van der Waals surface area contributed by atoms with Crippen molar-refractivity contribution in [1.29, 1.82) is 0 Å². The summed E-state index contributed by atoms with van der Waals surface area (Å²) in [6.45, 7) is 3.55. The molecule has 0 saturated carbocycles. The lowest BCUT2D eigenvalue weighted by Crippen LogP contribution is -2.52. The molecule has 2 atom stereocenters. The molecule has 21 heavy (non-hydrogen) atoms. The third-order valence-corrected chi connectivity index (χ3v) is 4.83. The summed E-state index contributed by atoms with van der Waals surface area (Å²) in [6.07, 6.45) is 1.06. The molecule has 0 unspecified atom stereocenters. The maximum atomic E-state index is 12.4. The van der Waals surface area contributed by atoms with Crippen molar-refractivity contribution in [2.45, 2.75) is 32.4 Å². The summed E-state index contributed by atoms with van der Waals surface area (Å²) < 4.78 is 5.04. The van der Waals surface area contributed by atoms with Crippen LogP contribution in [0, 0.1) is 5.92 Å². The van der Waals surface area contributed by atoms with Crippen LogP contribution in [-0.2, 0) is 20.9 Å². The Morgan fingerprint density at radius 1 is 1.57 bits per heavy atom. The lowest BCUT2D eigenvalue weighted by atomic mass is 9.89. The van der Waals surface area contributed by atoms with Gasteiger partial charge >= 0.3 is 0 Å². The van der Waals surface area contributed by atoms with Gasteiger partial charge in [0.15, 0.2) is 0 Å². The summed E-state index contributed by atoms with van der Waals surface area (Å²) >= 11 is 1.63. The fourth-order valence-electron chi connectivity index (χ4n) is 2.69. The summed E-state index contributed by atoms with van der Waals surface area (Å²) in [4.78, 5) is 27.2. The quantitative estimate of drug-likeness (QED) is 0.869. The van der Waals surface area contributed by atoms with E-state index in [1.165, 1.54) is 0 Å². The van der Waals surface area contributed by atoms with Gasteiger partial charge in [0.1, 0.15) is 0 Å². The first-order valence-corrected chi connectivity index (χ1v) is 8.10. The number of carbonyl (C=O) groups excluding carboxylic acids is 2. The van der Waals surface area contributed by atoms with Gasteiger partial charge in [-0.2, -0.15) is 0 Å². The second-order valence-electron chi connectivity index (χ2n) is 5.26. The highest BCUT2D eigenvalue weighted by Crippen LogP contribution is 2.24. The minimum atomic E-state index is -0.139. The van der Waals surface area contributed by atoms with Crippen molar-refractivity contribution in [2.75, 3.05) is 20.3 Å². The van der Waals surface area contributed by atoms with Crippen molar-refractivity contribution in [1.82, 2.24) is 10.2 Å². The maximum absolute atomic E-state index is 12.4. The summed E-state index contributed by atoms with van der Waals surface area (Å²) in [6, 6.07) is 3.90. The molecule has 1 saturated heterocycles. The van der Waals surface area contributed by atoms with Crippen LogP contribution in [0.1, 0.15) is 24.6 Å². The van der Waals surface area contributed by atoms with Gasteiger partial charge in [-0.3, -0.25) is 9.59 Å². The van der Waals surface area contributed by atoms with Gasteiger partial charge in [0.05, 0.1) is 19.1 Å². The van der Waals surface area contributed by atoms with E-state index >= 15 is 0 Å². The van der Waals surface area contributed by atoms with Crippen LogP contribution in [0.4, 0.5) is 0 Å². The van der Waals surface area contributed by atoms with Crippen molar-refractivity contribution in [3.8, 4) is 0 Å². The maximum Gasteiger partial charge on any atom is 0.225 e. The molecule has 6 heteroatoms. The molecule has 0 spiro atoms. The van der Waals surface area contributed by atoms with Gasteiger partial charge in [0, 0.05) is 31.0 Å². The first-order valence-electron chi connectivity index (χ1n) is 7.22. The van der Waals surface area contributed by atoms with Crippen LogP contribution < -0.4 is 5.32 Å². The highest BCUT2D eigenvalue weighted by molar-refractivity contribution is 7.09. The molecule has 0 radical (unpaired) electrons. The second-order valence-corrected chi connectivity index (χ2v) is 6.30. The predicted molar refractivity (Wildman–Crippen MR) is 81.9 cm³/mol. The number of piperidine rings is 1. The van der Waals surface area contributed by atoms with Gasteiger partial charge in [0.2, 0.25) is 11.8 Å². The fraction of sp³-hybridized carbons (Fsp3) is 0.600. The average molecular weight is 310 g/mol. The van der Waals surface area contributed by atoms with E-state index in [2.05, 4.69) is 5.32 Å². The van der Waals surface area contributed by atoms with Crippen LogP contribution in [0.3, 0.4) is 0 Å². The van der Waals surface area contributed by atoms with E-state index in [0.717, 1.165) is 4.88 Å². The van der Waals surface area contributed by atoms with Crippen molar-refractivity contribution in [3.05, 3.63) is 22.4 Å². The van der Waals surface area contributed by atoms with Crippen molar-refractivity contribution in [3.63, 3.8) is 0 Å². The summed E-state index contributed by atoms with van der Waals surface area (Å²) in [5, 5.41) is 4.97. The molecular weight excluding hydrogens is 288 g/mol. The van der Waals surface area contributed by atoms with E-state index in [1.807, 2.05) is 24.4 Å².